The Kier molecular flexibility index (Phi) is 5.50. The zero-order chi connectivity index (χ0) is 16.3. The number of sulfone groups is 1. The van der Waals surface area contributed by atoms with E-state index in [4.69, 9.17) is 11.6 Å². The van der Waals surface area contributed by atoms with Crippen LogP contribution in [0, 0.1) is 5.92 Å². The molecule has 1 amide bonds. The van der Waals surface area contributed by atoms with Crippen LogP contribution in [0.1, 0.15) is 49.9 Å². The summed E-state index contributed by atoms with van der Waals surface area (Å²) < 4.78 is 23.9. The quantitative estimate of drug-likeness (QED) is 0.910. The molecule has 0 spiro atoms. The van der Waals surface area contributed by atoms with Crippen LogP contribution in [0.25, 0.3) is 0 Å². The topological polar surface area (TPSA) is 63.2 Å². The molecule has 1 N–H and O–H groups in total. The van der Waals surface area contributed by atoms with Crippen molar-refractivity contribution in [1.82, 2.24) is 5.32 Å². The molecule has 0 saturated heterocycles. The molecule has 0 unspecified atom stereocenters. The molecule has 22 heavy (non-hydrogen) atoms. The van der Waals surface area contributed by atoms with Crippen molar-refractivity contribution in [2.75, 3.05) is 5.75 Å². The number of amides is 1. The van der Waals surface area contributed by atoms with E-state index in [9.17, 15) is 13.2 Å². The Morgan fingerprint density at radius 3 is 2.64 bits per heavy atom. The lowest BCUT2D eigenvalue weighted by atomic mass is 9.86. The monoisotopic (exact) mass is 343 g/mol. The van der Waals surface area contributed by atoms with Crippen molar-refractivity contribution < 1.29 is 13.2 Å². The van der Waals surface area contributed by atoms with Gasteiger partial charge < -0.3 is 5.32 Å². The minimum absolute atomic E-state index is 0.00461. The van der Waals surface area contributed by atoms with E-state index in [0.29, 0.717) is 5.92 Å². The van der Waals surface area contributed by atoms with Gasteiger partial charge in [-0.05, 0) is 37.0 Å². The van der Waals surface area contributed by atoms with Crippen molar-refractivity contribution in [1.29, 1.82) is 0 Å². The summed E-state index contributed by atoms with van der Waals surface area (Å²) in [6, 6.07) is 4.43. The Hall–Kier alpha value is -1.07. The van der Waals surface area contributed by atoms with E-state index in [1.54, 1.807) is 6.92 Å². The molecule has 1 aliphatic carbocycles. The summed E-state index contributed by atoms with van der Waals surface area (Å²) in [6.45, 7) is 3.71. The molecule has 0 heterocycles. The maximum Gasteiger partial charge on any atom is 0.253 e. The second kappa shape index (κ2) is 7.01. The fourth-order valence-electron chi connectivity index (χ4n) is 2.82. The van der Waals surface area contributed by atoms with Gasteiger partial charge in [-0.2, -0.15) is 0 Å². The molecule has 1 aliphatic rings. The molecule has 1 saturated carbocycles. The first-order valence-electron chi connectivity index (χ1n) is 7.68. The summed E-state index contributed by atoms with van der Waals surface area (Å²) in [5.74, 6) is 0.131. The minimum Gasteiger partial charge on any atom is -0.349 e. The number of hydrogen-bond acceptors (Lipinski definition) is 3. The molecule has 2 rings (SSSR count). The first-order chi connectivity index (χ1) is 10.3. The number of rotatable bonds is 4. The summed E-state index contributed by atoms with van der Waals surface area (Å²) in [5.41, 5.74) is 0.231. The SMILES string of the molecule is CCS(=O)(=O)c1ccc(Cl)c(C(=O)N[C@H]2CCCC[C@@H]2C)c1. The first-order valence-corrected chi connectivity index (χ1v) is 9.71. The van der Waals surface area contributed by atoms with Crippen LogP contribution in [0.5, 0.6) is 0 Å². The molecule has 1 fully saturated rings. The van der Waals surface area contributed by atoms with E-state index in [2.05, 4.69) is 12.2 Å². The van der Waals surface area contributed by atoms with Crippen LogP contribution < -0.4 is 5.32 Å². The van der Waals surface area contributed by atoms with Crippen LogP contribution in [0.2, 0.25) is 5.02 Å². The van der Waals surface area contributed by atoms with Crippen LogP contribution in [-0.2, 0) is 9.84 Å². The number of carbonyl (C=O) groups is 1. The molecule has 1 aromatic carbocycles. The van der Waals surface area contributed by atoms with Gasteiger partial charge in [-0.25, -0.2) is 8.42 Å². The third-order valence-corrected chi connectivity index (χ3v) is 6.41. The van der Waals surface area contributed by atoms with Crippen LogP contribution in [0.4, 0.5) is 0 Å². The standard InChI is InChI=1S/C16H22ClNO3S/c1-3-22(20,21)12-8-9-14(17)13(10-12)16(19)18-15-7-5-4-6-11(15)2/h8-11,15H,3-7H2,1-2H3,(H,18,19)/t11-,15-/m0/s1. The average Bonchev–Trinajstić information content (AvgIpc) is 2.49. The van der Waals surface area contributed by atoms with Crippen molar-refractivity contribution in [3.05, 3.63) is 28.8 Å². The van der Waals surface area contributed by atoms with Crippen molar-refractivity contribution in [2.45, 2.75) is 50.5 Å². The summed E-state index contributed by atoms with van der Waals surface area (Å²) in [6.07, 6.45) is 4.35. The Morgan fingerprint density at radius 1 is 1.32 bits per heavy atom. The molecule has 122 valence electrons. The fourth-order valence-corrected chi connectivity index (χ4v) is 3.92. The lowest BCUT2D eigenvalue weighted by Gasteiger charge is -2.29. The van der Waals surface area contributed by atoms with Crippen molar-refractivity contribution in [3.8, 4) is 0 Å². The second-order valence-corrected chi connectivity index (χ2v) is 8.57. The minimum atomic E-state index is -3.35. The van der Waals surface area contributed by atoms with E-state index < -0.39 is 9.84 Å². The largest absolute Gasteiger partial charge is 0.349 e. The van der Waals surface area contributed by atoms with Crippen LogP contribution in [0.15, 0.2) is 23.1 Å². The molecular formula is C16H22ClNO3S. The number of benzene rings is 1. The highest BCUT2D eigenvalue weighted by Crippen LogP contribution is 2.26. The maximum atomic E-state index is 12.5. The first kappa shape index (κ1) is 17.3. The number of halogens is 1. The van der Waals surface area contributed by atoms with Crippen molar-refractivity contribution in [3.63, 3.8) is 0 Å². The molecule has 0 aliphatic heterocycles. The van der Waals surface area contributed by atoms with Gasteiger partial charge >= 0.3 is 0 Å². The van der Waals surface area contributed by atoms with Crippen LogP contribution in [-0.4, -0.2) is 26.1 Å². The predicted molar refractivity (Wildman–Crippen MR) is 88.1 cm³/mol. The number of hydrogen-bond donors (Lipinski definition) is 1. The van der Waals surface area contributed by atoms with Gasteiger partial charge in [-0.3, -0.25) is 4.79 Å². The molecule has 0 aromatic heterocycles. The Morgan fingerprint density at radius 2 is 2.00 bits per heavy atom. The van der Waals surface area contributed by atoms with Crippen molar-refractivity contribution in [2.24, 2.45) is 5.92 Å². The van der Waals surface area contributed by atoms with Gasteiger partial charge in [0.25, 0.3) is 5.91 Å². The van der Waals surface area contributed by atoms with Gasteiger partial charge in [0.1, 0.15) is 0 Å². The highest BCUT2D eigenvalue weighted by molar-refractivity contribution is 7.91. The van der Waals surface area contributed by atoms with Gasteiger partial charge in [0, 0.05) is 6.04 Å². The smallest absolute Gasteiger partial charge is 0.253 e. The van der Waals surface area contributed by atoms with Gasteiger partial charge in [-0.1, -0.05) is 38.3 Å². The molecular weight excluding hydrogens is 322 g/mol. The Bertz CT molecular complexity index is 657. The summed E-state index contributed by atoms with van der Waals surface area (Å²) in [5, 5.41) is 3.28. The molecule has 0 radical (unpaired) electrons. The highest BCUT2D eigenvalue weighted by atomic mass is 35.5. The molecule has 6 heteroatoms. The summed E-state index contributed by atoms with van der Waals surface area (Å²) >= 11 is 6.08. The highest BCUT2D eigenvalue weighted by Gasteiger charge is 2.25. The number of carbonyl (C=O) groups excluding carboxylic acids is 1. The summed E-state index contributed by atoms with van der Waals surface area (Å²) in [7, 11) is -3.35. The van der Waals surface area contributed by atoms with Crippen LogP contribution >= 0.6 is 11.6 Å². The van der Waals surface area contributed by atoms with E-state index in [1.165, 1.54) is 24.6 Å². The van der Waals surface area contributed by atoms with Gasteiger partial charge in [0.2, 0.25) is 0 Å². The van der Waals surface area contributed by atoms with E-state index in [0.717, 1.165) is 19.3 Å². The normalized spacial score (nSPS) is 22.3. The van der Waals surface area contributed by atoms with Crippen LogP contribution in [0.3, 0.4) is 0 Å². The maximum absolute atomic E-state index is 12.5. The predicted octanol–water partition coefficient (Wildman–Crippen LogP) is 3.44. The average molecular weight is 344 g/mol. The molecule has 4 nitrogen and oxygen atoms in total. The molecule has 1 aromatic rings. The van der Waals surface area contributed by atoms with Gasteiger partial charge in [0.05, 0.1) is 21.2 Å². The zero-order valence-corrected chi connectivity index (χ0v) is 14.5. The lowest BCUT2D eigenvalue weighted by molar-refractivity contribution is 0.0910. The van der Waals surface area contributed by atoms with Gasteiger partial charge in [-0.15, -0.1) is 0 Å². The summed E-state index contributed by atoms with van der Waals surface area (Å²) in [4.78, 5) is 12.6. The molecule has 2 atom stereocenters. The van der Waals surface area contributed by atoms with Crippen molar-refractivity contribution >= 4 is 27.3 Å². The van der Waals surface area contributed by atoms with E-state index >= 15 is 0 Å². The number of nitrogens with one attached hydrogen (secondary N) is 1. The Labute approximate surface area is 137 Å². The zero-order valence-electron chi connectivity index (χ0n) is 12.9. The van der Waals surface area contributed by atoms with E-state index in [-0.39, 0.29) is 33.2 Å². The van der Waals surface area contributed by atoms with Gasteiger partial charge in [0.15, 0.2) is 9.84 Å². The fraction of sp³-hybridized carbons (Fsp3) is 0.562. The third-order valence-electron chi connectivity index (χ3n) is 4.35. The lowest BCUT2D eigenvalue weighted by Crippen LogP contribution is -2.41. The van der Waals surface area contributed by atoms with E-state index in [1.807, 2.05) is 0 Å². The molecule has 0 bridgehead atoms. The third kappa shape index (κ3) is 3.82. The second-order valence-electron chi connectivity index (χ2n) is 5.89. The Balaban J connectivity index is 2.23.